The Labute approximate surface area is 113 Å². The molecule has 0 aliphatic carbocycles. The lowest BCUT2D eigenvalue weighted by atomic mass is 10.2. The van der Waals surface area contributed by atoms with Crippen molar-refractivity contribution in [2.75, 3.05) is 0 Å². The number of sulfonamides is 1. The molecule has 1 aromatic carbocycles. The van der Waals surface area contributed by atoms with Gasteiger partial charge in [-0.1, -0.05) is 18.2 Å². The van der Waals surface area contributed by atoms with Crippen LogP contribution in [0.5, 0.6) is 0 Å². The van der Waals surface area contributed by atoms with Crippen molar-refractivity contribution in [2.45, 2.75) is 4.21 Å². The van der Waals surface area contributed by atoms with Crippen LogP contribution in [-0.2, 0) is 10.0 Å². The summed E-state index contributed by atoms with van der Waals surface area (Å²) in [6, 6.07) is 11.8. The van der Waals surface area contributed by atoms with Crippen LogP contribution in [0.2, 0.25) is 0 Å². The van der Waals surface area contributed by atoms with Crippen molar-refractivity contribution in [3.05, 3.63) is 41.8 Å². The van der Waals surface area contributed by atoms with Gasteiger partial charge >= 0.3 is 0 Å². The van der Waals surface area contributed by atoms with Gasteiger partial charge in [0.05, 0.1) is 0 Å². The summed E-state index contributed by atoms with van der Waals surface area (Å²) in [5.74, 6) is 0. The molecule has 2 heterocycles. The number of nitrogens with two attached hydrogens (primary N) is 1. The fourth-order valence-electron chi connectivity index (χ4n) is 1.81. The molecule has 0 radical (unpaired) electrons. The highest BCUT2D eigenvalue weighted by Gasteiger charge is 2.18. The van der Waals surface area contributed by atoms with E-state index in [0.717, 1.165) is 26.3 Å². The van der Waals surface area contributed by atoms with E-state index in [2.05, 4.69) is 0 Å². The first kappa shape index (κ1) is 11.9. The molecule has 18 heavy (non-hydrogen) atoms. The fraction of sp³-hybridized carbons (Fsp3) is 0. The number of hydrogen-bond donors (Lipinski definition) is 1. The molecule has 0 aliphatic rings. The molecule has 3 rings (SSSR count). The molecule has 0 bridgehead atoms. The molecule has 0 aliphatic heterocycles. The molecule has 6 heteroatoms. The van der Waals surface area contributed by atoms with E-state index in [1.807, 2.05) is 30.3 Å². The monoisotopic (exact) mass is 295 g/mol. The molecule has 0 saturated heterocycles. The van der Waals surface area contributed by atoms with Gasteiger partial charge in [-0.05, 0) is 29.0 Å². The van der Waals surface area contributed by atoms with Crippen LogP contribution in [0, 0.1) is 0 Å². The molecule has 2 N–H and O–H groups in total. The Balaban J connectivity index is 2.24. The van der Waals surface area contributed by atoms with Crippen molar-refractivity contribution in [2.24, 2.45) is 5.14 Å². The van der Waals surface area contributed by atoms with Gasteiger partial charge in [-0.3, -0.25) is 0 Å². The van der Waals surface area contributed by atoms with Gasteiger partial charge in [0, 0.05) is 15.1 Å². The molecule has 3 nitrogen and oxygen atoms in total. The van der Waals surface area contributed by atoms with Crippen molar-refractivity contribution in [3.63, 3.8) is 0 Å². The average Bonchev–Trinajstić information content (AvgIpc) is 2.94. The molecular weight excluding hydrogens is 286 g/mol. The minimum Gasteiger partial charge on any atom is -0.224 e. The number of fused-ring (bicyclic) bond motifs is 1. The highest BCUT2D eigenvalue weighted by Crippen LogP contribution is 2.38. The predicted octanol–water partition coefficient (Wildman–Crippen LogP) is 3.28. The first-order valence-corrected chi connectivity index (χ1v) is 8.39. The van der Waals surface area contributed by atoms with Crippen molar-refractivity contribution in [1.82, 2.24) is 0 Å². The van der Waals surface area contributed by atoms with Gasteiger partial charge in [-0.25, -0.2) is 13.6 Å². The minimum atomic E-state index is -3.65. The zero-order valence-corrected chi connectivity index (χ0v) is 11.6. The van der Waals surface area contributed by atoms with Gasteiger partial charge in [0.2, 0.25) is 10.0 Å². The van der Waals surface area contributed by atoms with Crippen LogP contribution in [0.25, 0.3) is 20.5 Å². The van der Waals surface area contributed by atoms with E-state index in [0.29, 0.717) is 5.56 Å². The maximum absolute atomic E-state index is 11.5. The van der Waals surface area contributed by atoms with Gasteiger partial charge in [0.15, 0.2) is 0 Å². The standard InChI is InChI=1S/C12H9NO2S3/c13-18(14,15)12-9(5-6-16-12)11-7-8-3-1-2-4-10(8)17-11/h1-7H,(H2,13,14,15). The lowest BCUT2D eigenvalue weighted by Gasteiger charge is -1.97. The Kier molecular flexibility index (Phi) is 2.74. The Hall–Kier alpha value is -1.21. The summed E-state index contributed by atoms with van der Waals surface area (Å²) in [5.41, 5.74) is 0.698. The molecule has 0 unspecified atom stereocenters. The number of benzene rings is 1. The van der Waals surface area contributed by atoms with Crippen LogP contribution in [0.1, 0.15) is 0 Å². The van der Waals surface area contributed by atoms with Gasteiger partial charge < -0.3 is 0 Å². The lowest BCUT2D eigenvalue weighted by Crippen LogP contribution is -2.11. The summed E-state index contributed by atoms with van der Waals surface area (Å²) < 4.78 is 24.4. The average molecular weight is 295 g/mol. The van der Waals surface area contributed by atoms with Gasteiger partial charge in [0.25, 0.3) is 0 Å². The van der Waals surface area contributed by atoms with E-state index in [4.69, 9.17) is 5.14 Å². The van der Waals surface area contributed by atoms with E-state index < -0.39 is 10.0 Å². The highest BCUT2D eigenvalue weighted by molar-refractivity contribution is 7.91. The third-order valence-corrected chi connectivity index (χ3v) is 6.16. The van der Waals surface area contributed by atoms with Gasteiger partial charge in [-0.2, -0.15) is 0 Å². The first-order valence-electron chi connectivity index (χ1n) is 5.15. The minimum absolute atomic E-state index is 0.231. The second-order valence-electron chi connectivity index (χ2n) is 3.82. The van der Waals surface area contributed by atoms with Crippen LogP contribution in [0.3, 0.4) is 0 Å². The van der Waals surface area contributed by atoms with Crippen LogP contribution < -0.4 is 5.14 Å². The quantitative estimate of drug-likeness (QED) is 0.788. The van der Waals surface area contributed by atoms with E-state index in [-0.39, 0.29) is 4.21 Å². The maximum atomic E-state index is 11.5. The molecule has 3 aromatic rings. The summed E-state index contributed by atoms with van der Waals surface area (Å²) in [4.78, 5) is 0.932. The third-order valence-electron chi connectivity index (χ3n) is 2.58. The second kappa shape index (κ2) is 4.17. The van der Waals surface area contributed by atoms with Gasteiger partial charge in [0.1, 0.15) is 4.21 Å². The van der Waals surface area contributed by atoms with E-state index >= 15 is 0 Å². The van der Waals surface area contributed by atoms with E-state index in [1.165, 1.54) is 0 Å². The van der Waals surface area contributed by atoms with Crippen LogP contribution >= 0.6 is 22.7 Å². The lowest BCUT2D eigenvalue weighted by molar-refractivity contribution is 0.600. The Morgan fingerprint density at radius 1 is 1.11 bits per heavy atom. The summed E-state index contributed by atoms with van der Waals surface area (Å²) in [6.07, 6.45) is 0. The van der Waals surface area contributed by atoms with Crippen molar-refractivity contribution in [3.8, 4) is 10.4 Å². The molecule has 0 fully saturated rings. The topological polar surface area (TPSA) is 60.2 Å². The molecule has 0 spiro atoms. The Morgan fingerprint density at radius 3 is 2.61 bits per heavy atom. The molecular formula is C12H9NO2S3. The van der Waals surface area contributed by atoms with Crippen LogP contribution in [-0.4, -0.2) is 8.42 Å². The number of thiophene rings is 2. The molecule has 2 aromatic heterocycles. The first-order chi connectivity index (χ1) is 8.55. The maximum Gasteiger partial charge on any atom is 0.248 e. The predicted molar refractivity (Wildman–Crippen MR) is 76.5 cm³/mol. The molecule has 0 saturated carbocycles. The summed E-state index contributed by atoms with van der Waals surface area (Å²) in [5, 5.41) is 8.09. The molecule has 92 valence electrons. The normalized spacial score (nSPS) is 12.1. The summed E-state index contributed by atoms with van der Waals surface area (Å²) in [7, 11) is -3.65. The number of primary sulfonamides is 1. The smallest absolute Gasteiger partial charge is 0.224 e. The highest BCUT2D eigenvalue weighted by atomic mass is 32.2. The second-order valence-corrected chi connectivity index (χ2v) is 7.57. The summed E-state index contributed by atoms with van der Waals surface area (Å²) in [6.45, 7) is 0. The molecule has 0 atom stereocenters. The Morgan fingerprint density at radius 2 is 1.89 bits per heavy atom. The van der Waals surface area contributed by atoms with Crippen LogP contribution in [0.4, 0.5) is 0 Å². The van der Waals surface area contributed by atoms with Crippen LogP contribution in [0.15, 0.2) is 46.0 Å². The van der Waals surface area contributed by atoms with E-state index in [9.17, 15) is 8.42 Å². The zero-order chi connectivity index (χ0) is 12.8. The number of rotatable bonds is 2. The third kappa shape index (κ3) is 1.97. The number of hydrogen-bond acceptors (Lipinski definition) is 4. The van der Waals surface area contributed by atoms with Crippen molar-refractivity contribution >= 4 is 42.8 Å². The molecule has 0 amide bonds. The summed E-state index contributed by atoms with van der Waals surface area (Å²) >= 11 is 2.73. The van der Waals surface area contributed by atoms with E-state index in [1.54, 1.807) is 22.8 Å². The Bertz CT molecular complexity index is 782. The van der Waals surface area contributed by atoms with Crippen molar-refractivity contribution in [1.29, 1.82) is 0 Å². The largest absolute Gasteiger partial charge is 0.248 e. The van der Waals surface area contributed by atoms with Crippen molar-refractivity contribution < 1.29 is 8.42 Å². The zero-order valence-electron chi connectivity index (χ0n) is 9.16. The van der Waals surface area contributed by atoms with Gasteiger partial charge in [-0.15, -0.1) is 22.7 Å². The fourth-order valence-corrected chi connectivity index (χ4v) is 4.86. The SMILES string of the molecule is NS(=O)(=O)c1sccc1-c1cc2ccccc2s1.